The number of amides is 1. The third-order valence-electron chi connectivity index (χ3n) is 5.93. The van der Waals surface area contributed by atoms with Crippen molar-refractivity contribution < 1.29 is 9.53 Å². The van der Waals surface area contributed by atoms with E-state index >= 15 is 0 Å². The van der Waals surface area contributed by atoms with Gasteiger partial charge in [0.1, 0.15) is 11.9 Å². The minimum atomic E-state index is -0.0992. The van der Waals surface area contributed by atoms with Crippen LogP contribution in [-0.4, -0.2) is 48.6 Å². The van der Waals surface area contributed by atoms with Crippen LogP contribution in [0.1, 0.15) is 41.3 Å². The van der Waals surface area contributed by atoms with Gasteiger partial charge in [-0.25, -0.2) is 4.98 Å². The van der Waals surface area contributed by atoms with Crippen LogP contribution in [0.5, 0.6) is 0 Å². The van der Waals surface area contributed by atoms with E-state index in [1.807, 2.05) is 35.2 Å². The molecule has 2 fully saturated rings. The summed E-state index contributed by atoms with van der Waals surface area (Å²) in [5.41, 5.74) is 4.15. The fourth-order valence-corrected chi connectivity index (χ4v) is 4.29. The zero-order valence-electron chi connectivity index (χ0n) is 15.8. The highest BCUT2D eigenvalue weighted by molar-refractivity contribution is 5.61. The number of hydrogen-bond acceptors (Lipinski definition) is 4. The molecule has 5 nitrogen and oxygen atoms in total. The number of carbonyl (C=O) groups is 1. The summed E-state index contributed by atoms with van der Waals surface area (Å²) in [5.74, 6) is 7.63. The second kappa shape index (κ2) is 7.29. The van der Waals surface area contributed by atoms with E-state index in [0.717, 1.165) is 60.5 Å². The normalized spacial score (nSPS) is 23.0. The molecule has 28 heavy (non-hydrogen) atoms. The molecule has 2 aliphatic heterocycles. The van der Waals surface area contributed by atoms with Crippen LogP contribution in [0, 0.1) is 11.8 Å². The minimum absolute atomic E-state index is 0.0992. The molecule has 1 aromatic heterocycles. The van der Waals surface area contributed by atoms with Gasteiger partial charge >= 0.3 is 0 Å². The van der Waals surface area contributed by atoms with Gasteiger partial charge in [-0.2, -0.15) is 0 Å². The molecule has 1 aromatic carbocycles. The molecule has 5 heteroatoms. The Morgan fingerprint density at radius 2 is 2.00 bits per heavy atom. The lowest BCUT2D eigenvalue weighted by Crippen LogP contribution is -2.48. The van der Waals surface area contributed by atoms with Gasteiger partial charge in [-0.15, -0.1) is 0 Å². The smallest absolute Gasteiger partial charge is 0.210 e. The van der Waals surface area contributed by atoms with Gasteiger partial charge in [0.2, 0.25) is 6.41 Å². The Morgan fingerprint density at radius 1 is 1.14 bits per heavy atom. The molecule has 0 radical (unpaired) electrons. The van der Waals surface area contributed by atoms with E-state index in [9.17, 15) is 4.79 Å². The zero-order valence-corrected chi connectivity index (χ0v) is 15.8. The second-order valence-corrected chi connectivity index (χ2v) is 7.59. The molecular formula is C23H23N3O2. The van der Waals surface area contributed by atoms with Crippen molar-refractivity contribution in [1.82, 2.24) is 9.88 Å². The van der Waals surface area contributed by atoms with Crippen molar-refractivity contribution in [3.8, 4) is 11.8 Å². The summed E-state index contributed by atoms with van der Waals surface area (Å²) in [6, 6.07) is 12.3. The summed E-state index contributed by atoms with van der Waals surface area (Å²) in [6.07, 6.45) is 3.84. The molecule has 0 unspecified atom stereocenters. The maximum Gasteiger partial charge on any atom is 0.210 e. The van der Waals surface area contributed by atoms with Crippen molar-refractivity contribution >= 4 is 12.2 Å². The fraction of sp³-hybridized carbons (Fsp3) is 0.391. The number of nitrogens with zero attached hydrogens (tertiary/aromatic N) is 3. The lowest BCUT2D eigenvalue weighted by Gasteiger charge is -2.43. The molecule has 0 saturated carbocycles. The zero-order chi connectivity index (χ0) is 18.9. The van der Waals surface area contributed by atoms with Crippen LogP contribution in [0.2, 0.25) is 0 Å². The average molecular weight is 373 g/mol. The molecule has 0 spiro atoms. The standard InChI is InChI=1S/C23H23N3O2/c27-16-26-13-14-28-22-19-15-18(8-7-17-5-2-1-3-6-17)23(25-11-4-12-25)24-20(19)9-10-21(22)26/h1-3,5-6,15-16,21-22H,4,9-14H2/t21-,22+/m1/s1. The van der Waals surface area contributed by atoms with Gasteiger partial charge in [-0.05, 0) is 37.5 Å². The highest BCUT2D eigenvalue weighted by Crippen LogP contribution is 2.39. The van der Waals surface area contributed by atoms with Crippen LogP contribution < -0.4 is 4.90 Å². The maximum absolute atomic E-state index is 11.5. The number of fused-ring (bicyclic) bond motifs is 3. The highest BCUT2D eigenvalue weighted by Gasteiger charge is 2.38. The molecule has 3 aliphatic rings. The average Bonchev–Trinajstić information content (AvgIpc) is 2.71. The summed E-state index contributed by atoms with van der Waals surface area (Å²) in [6.45, 7) is 3.30. The number of rotatable bonds is 2. The van der Waals surface area contributed by atoms with E-state index in [1.165, 1.54) is 6.42 Å². The van der Waals surface area contributed by atoms with Crippen LogP contribution in [0.25, 0.3) is 0 Å². The van der Waals surface area contributed by atoms with Crippen LogP contribution in [0.15, 0.2) is 36.4 Å². The maximum atomic E-state index is 11.5. The van der Waals surface area contributed by atoms with Crippen molar-refractivity contribution in [1.29, 1.82) is 0 Å². The van der Waals surface area contributed by atoms with E-state index in [4.69, 9.17) is 9.72 Å². The number of hydrogen-bond donors (Lipinski definition) is 0. The topological polar surface area (TPSA) is 45.7 Å². The molecule has 5 rings (SSSR count). The summed E-state index contributed by atoms with van der Waals surface area (Å²) < 4.78 is 6.10. The number of carbonyl (C=O) groups excluding carboxylic acids is 1. The Morgan fingerprint density at radius 3 is 2.75 bits per heavy atom. The summed E-state index contributed by atoms with van der Waals surface area (Å²) in [7, 11) is 0. The first-order valence-corrected chi connectivity index (χ1v) is 10.0. The Bertz CT molecular complexity index is 944. The molecule has 0 bridgehead atoms. The SMILES string of the molecule is O=CN1CCO[C@H]2c3cc(C#Cc4ccccc4)c(N4CCC4)nc3CC[C@H]21. The highest BCUT2D eigenvalue weighted by atomic mass is 16.5. The molecule has 2 atom stereocenters. The number of anilines is 1. The number of aromatic nitrogens is 1. The van der Waals surface area contributed by atoms with Crippen LogP contribution in [-0.2, 0) is 16.0 Å². The summed E-state index contributed by atoms with van der Waals surface area (Å²) in [5, 5.41) is 0. The first-order valence-electron chi connectivity index (χ1n) is 10.0. The largest absolute Gasteiger partial charge is 0.369 e. The lowest BCUT2D eigenvalue weighted by atomic mass is 9.86. The van der Waals surface area contributed by atoms with E-state index in [-0.39, 0.29) is 12.1 Å². The third-order valence-corrected chi connectivity index (χ3v) is 5.93. The summed E-state index contributed by atoms with van der Waals surface area (Å²) in [4.78, 5) is 20.7. The van der Waals surface area contributed by atoms with E-state index in [2.05, 4.69) is 22.8 Å². The van der Waals surface area contributed by atoms with Crippen LogP contribution >= 0.6 is 0 Å². The predicted molar refractivity (Wildman–Crippen MR) is 107 cm³/mol. The Kier molecular flexibility index (Phi) is 4.50. The van der Waals surface area contributed by atoms with Crippen molar-refractivity contribution in [3.05, 3.63) is 58.8 Å². The molecule has 2 saturated heterocycles. The fourth-order valence-electron chi connectivity index (χ4n) is 4.29. The van der Waals surface area contributed by atoms with Crippen molar-refractivity contribution in [2.24, 2.45) is 0 Å². The van der Waals surface area contributed by atoms with Gasteiger partial charge in [0.25, 0.3) is 0 Å². The monoisotopic (exact) mass is 373 g/mol. The van der Waals surface area contributed by atoms with Gasteiger partial charge in [0.05, 0.1) is 18.2 Å². The van der Waals surface area contributed by atoms with Crippen LogP contribution in [0.3, 0.4) is 0 Å². The predicted octanol–water partition coefficient (Wildman–Crippen LogP) is 2.54. The number of morpholine rings is 1. The number of benzene rings is 1. The Hall–Kier alpha value is -2.84. The molecule has 2 aromatic rings. The molecule has 142 valence electrons. The molecule has 3 heterocycles. The van der Waals surface area contributed by atoms with E-state index < -0.39 is 0 Å². The van der Waals surface area contributed by atoms with E-state index in [0.29, 0.717) is 13.2 Å². The number of pyridine rings is 1. The van der Waals surface area contributed by atoms with Gasteiger partial charge in [0.15, 0.2) is 0 Å². The lowest BCUT2D eigenvalue weighted by molar-refractivity contribution is -0.135. The van der Waals surface area contributed by atoms with Crippen molar-refractivity contribution in [2.75, 3.05) is 31.1 Å². The van der Waals surface area contributed by atoms with Crippen molar-refractivity contribution in [2.45, 2.75) is 31.4 Å². The van der Waals surface area contributed by atoms with Gasteiger partial charge in [-0.1, -0.05) is 30.0 Å². The quantitative estimate of drug-likeness (QED) is 0.600. The van der Waals surface area contributed by atoms with Gasteiger partial charge in [0, 0.05) is 36.5 Å². The third kappa shape index (κ3) is 3.04. The first kappa shape index (κ1) is 17.3. The van der Waals surface area contributed by atoms with E-state index in [1.54, 1.807) is 0 Å². The van der Waals surface area contributed by atoms with Crippen molar-refractivity contribution in [3.63, 3.8) is 0 Å². The van der Waals surface area contributed by atoms with Gasteiger partial charge in [-0.3, -0.25) is 4.79 Å². The Balaban J connectivity index is 1.56. The number of aryl methyl sites for hydroxylation is 1. The second-order valence-electron chi connectivity index (χ2n) is 7.59. The first-order chi connectivity index (χ1) is 13.8. The van der Waals surface area contributed by atoms with Gasteiger partial charge < -0.3 is 14.5 Å². The summed E-state index contributed by atoms with van der Waals surface area (Å²) >= 11 is 0. The molecule has 1 amide bonds. The van der Waals surface area contributed by atoms with Crippen LogP contribution in [0.4, 0.5) is 5.82 Å². The molecule has 1 aliphatic carbocycles. The molecule has 0 N–H and O–H groups in total. The number of ether oxygens (including phenoxy) is 1. The minimum Gasteiger partial charge on any atom is -0.369 e. The molecular weight excluding hydrogens is 350 g/mol. The Labute approximate surface area is 165 Å².